The number of nitrogens with two attached hydrogens (primary N) is 1. The van der Waals surface area contributed by atoms with Crippen LogP contribution in [0.2, 0.25) is 0 Å². The summed E-state index contributed by atoms with van der Waals surface area (Å²) < 4.78 is 38.1. The summed E-state index contributed by atoms with van der Waals surface area (Å²) in [7, 11) is 0. The predicted octanol–water partition coefficient (Wildman–Crippen LogP) is 2.71. The standard InChI is InChI=1S/C14H19F3N2O/c15-14(16,17)10-3-4-12(18)11(7-10)13(20)6-9-2-1-5-19-8-9/h3-4,7,9,13,19-20H,1-2,5-6,8,18H2. The number of alkyl halides is 3. The summed E-state index contributed by atoms with van der Waals surface area (Å²) in [6, 6.07) is 3.10. The molecule has 0 bridgehead atoms. The Kier molecular flexibility index (Phi) is 4.55. The van der Waals surface area contributed by atoms with Gasteiger partial charge in [-0.1, -0.05) is 0 Å². The molecule has 3 nitrogen and oxygen atoms in total. The van der Waals surface area contributed by atoms with Crippen LogP contribution in [0, 0.1) is 5.92 Å². The maximum Gasteiger partial charge on any atom is 0.416 e. The van der Waals surface area contributed by atoms with E-state index in [4.69, 9.17) is 5.73 Å². The average Bonchev–Trinajstić information content (AvgIpc) is 2.39. The first kappa shape index (κ1) is 15.1. The van der Waals surface area contributed by atoms with Gasteiger partial charge in [0.05, 0.1) is 11.7 Å². The van der Waals surface area contributed by atoms with E-state index in [1.165, 1.54) is 6.07 Å². The molecule has 1 fully saturated rings. The van der Waals surface area contributed by atoms with E-state index in [0.717, 1.165) is 38.1 Å². The van der Waals surface area contributed by atoms with E-state index in [9.17, 15) is 18.3 Å². The van der Waals surface area contributed by atoms with Crippen molar-refractivity contribution in [3.8, 4) is 0 Å². The molecular weight excluding hydrogens is 269 g/mol. The molecule has 2 atom stereocenters. The Labute approximate surface area is 116 Å². The topological polar surface area (TPSA) is 58.3 Å². The van der Waals surface area contributed by atoms with Gasteiger partial charge in [0, 0.05) is 11.3 Å². The van der Waals surface area contributed by atoms with Crippen LogP contribution in [0.5, 0.6) is 0 Å². The molecule has 0 saturated carbocycles. The average molecular weight is 288 g/mol. The van der Waals surface area contributed by atoms with Crippen LogP contribution in [-0.4, -0.2) is 18.2 Å². The Balaban J connectivity index is 2.13. The Morgan fingerprint density at radius 1 is 1.40 bits per heavy atom. The fourth-order valence-corrected chi connectivity index (χ4v) is 2.61. The molecule has 20 heavy (non-hydrogen) atoms. The molecule has 2 unspecified atom stereocenters. The summed E-state index contributed by atoms with van der Waals surface area (Å²) in [6.45, 7) is 1.74. The van der Waals surface area contributed by atoms with E-state index >= 15 is 0 Å². The zero-order chi connectivity index (χ0) is 14.8. The fourth-order valence-electron chi connectivity index (χ4n) is 2.61. The minimum atomic E-state index is -4.42. The lowest BCUT2D eigenvalue weighted by Gasteiger charge is -2.25. The summed E-state index contributed by atoms with van der Waals surface area (Å²) >= 11 is 0. The number of benzene rings is 1. The molecule has 0 spiro atoms. The van der Waals surface area contributed by atoms with Crippen molar-refractivity contribution < 1.29 is 18.3 Å². The Hall–Kier alpha value is -1.27. The van der Waals surface area contributed by atoms with E-state index in [0.29, 0.717) is 6.42 Å². The molecule has 1 saturated heterocycles. The highest BCUT2D eigenvalue weighted by Crippen LogP contribution is 2.35. The number of hydrogen-bond acceptors (Lipinski definition) is 3. The highest BCUT2D eigenvalue weighted by molar-refractivity contribution is 5.50. The minimum absolute atomic E-state index is 0.172. The van der Waals surface area contributed by atoms with Gasteiger partial charge in [-0.3, -0.25) is 0 Å². The third-order valence-electron chi connectivity index (χ3n) is 3.73. The van der Waals surface area contributed by atoms with Crippen molar-refractivity contribution in [2.45, 2.75) is 31.5 Å². The second-order valence-corrected chi connectivity index (χ2v) is 5.31. The summed E-state index contributed by atoms with van der Waals surface area (Å²) in [5.74, 6) is 0.271. The van der Waals surface area contributed by atoms with Gasteiger partial charge in [0.15, 0.2) is 0 Å². The van der Waals surface area contributed by atoms with E-state index in [1.54, 1.807) is 0 Å². The number of anilines is 1. The molecule has 1 aromatic rings. The number of nitrogens with one attached hydrogen (secondary N) is 1. The quantitative estimate of drug-likeness (QED) is 0.750. The van der Waals surface area contributed by atoms with Crippen molar-refractivity contribution in [3.05, 3.63) is 29.3 Å². The van der Waals surface area contributed by atoms with Crippen LogP contribution in [0.4, 0.5) is 18.9 Å². The Bertz CT molecular complexity index is 456. The third-order valence-corrected chi connectivity index (χ3v) is 3.73. The molecule has 1 heterocycles. The fraction of sp³-hybridized carbons (Fsp3) is 0.571. The largest absolute Gasteiger partial charge is 0.416 e. The van der Waals surface area contributed by atoms with Crippen molar-refractivity contribution >= 4 is 5.69 Å². The molecule has 0 aliphatic carbocycles. The molecule has 6 heteroatoms. The summed E-state index contributed by atoms with van der Waals surface area (Å²) in [4.78, 5) is 0. The van der Waals surface area contributed by atoms with Crippen LogP contribution in [0.25, 0.3) is 0 Å². The number of aliphatic hydroxyl groups is 1. The molecule has 0 amide bonds. The summed E-state index contributed by atoms with van der Waals surface area (Å²) in [5.41, 5.74) is 5.30. The first-order valence-electron chi connectivity index (χ1n) is 6.73. The van der Waals surface area contributed by atoms with E-state index in [2.05, 4.69) is 5.32 Å². The van der Waals surface area contributed by atoms with E-state index in [1.807, 2.05) is 0 Å². The van der Waals surface area contributed by atoms with Gasteiger partial charge < -0.3 is 16.2 Å². The number of hydrogen-bond donors (Lipinski definition) is 3. The van der Waals surface area contributed by atoms with E-state index in [-0.39, 0.29) is 17.2 Å². The van der Waals surface area contributed by atoms with Crippen LogP contribution in [0.1, 0.15) is 36.5 Å². The number of halogens is 3. The zero-order valence-electron chi connectivity index (χ0n) is 11.1. The summed E-state index contributed by atoms with van der Waals surface area (Å²) in [5, 5.41) is 13.4. The van der Waals surface area contributed by atoms with Gasteiger partial charge in [-0.05, 0) is 56.5 Å². The van der Waals surface area contributed by atoms with Crippen molar-refractivity contribution in [3.63, 3.8) is 0 Å². The highest BCUT2D eigenvalue weighted by Gasteiger charge is 2.31. The second kappa shape index (κ2) is 6.01. The number of rotatable bonds is 3. The zero-order valence-corrected chi connectivity index (χ0v) is 11.1. The maximum absolute atomic E-state index is 12.7. The molecule has 112 valence electrons. The van der Waals surface area contributed by atoms with Gasteiger partial charge in [0.1, 0.15) is 0 Å². The van der Waals surface area contributed by atoms with Gasteiger partial charge in [-0.15, -0.1) is 0 Å². The Morgan fingerprint density at radius 3 is 2.75 bits per heavy atom. The first-order valence-corrected chi connectivity index (χ1v) is 6.73. The van der Waals surface area contributed by atoms with Crippen LogP contribution < -0.4 is 11.1 Å². The van der Waals surface area contributed by atoms with Crippen LogP contribution in [0.15, 0.2) is 18.2 Å². The minimum Gasteiger partial charge on any atom is -0.398 e. The maximum atomic E-state index is 12.7. The van der Waals surface area contributed by atoms with Crippen molar-refractivity contribution in [1.29, 1.82) is 0 Å². The van der Waals surface area contributed by atoms with Crippen molar-refractivity contribution in [2.24, 2.45) is 5.92 Å². The molecule has 0 radical (unpaired) electrons. The lowest BCUT2D eigenvalue weighted by molar-refractivity contribution is -0.137. The van der Waals surface area contributed by atoms with Gasteiger partial charge in [0.25, 0.3) is 0 Å². The van der Waals surface area contributed by atoms with Crippen LogP contribution in [-0.2, 0) is 6.18 Å². The monoisotopic (exact) mass is 288 g/mol. The SMILES string of the molecule is Nc1ccc(C(F)(F)F)cc1C(O)CC1CCCNC1. The van der Waals surface area contributed by atoms with Crippen molar-refractivity contribution in [1.82, 2.24) is 5.32 Å². The molecule has 1 aromatic carbocycles. The highest BCUT2D eigenvalue weighted by atomic mass is 19.4. The lowest BCUT2D eigenvalue weighted by Crippen LogP contribution is -2.30. The number of aliphatic hydroxyl groups excluding tert-OH is 1. The molecule has 4 N–H and O–H groups in total. The lowest BCUT2D eigenvalue weighted by atomic mass is 9.90. The first-order chi connectivity index (χ1) is 9.38. The molecular formula is C14H19F3N2O. The smallest absolute Gasteiger partial charge is 0.398 e. The molecule has 0 aromatic heterocycles. The second-order valence-electron chi connectivity index (χ2n) is 5.31. The van der Waals surface area contributed by atoms with E-state index < -0.39 is 17.8 Å². The number of piperidine rings is 1. The predicted molar refractivity (Wildman–Crippen MR) is 71.0 cm³/mol. The Morgan fingerprint density at radius 2 is 2.15 bits per heavy atom. The van der Waals surface area contributed by atoms with Crippen molar-refractivity contribution in [2.75, 3.05) is 18.8 Å². The molecule has 1 aliphatic heterocycles. The van der Waals surface area contributed by atoms with Crippen LogP contribution >= 0.6 is 0 Å². The molecule has 2 rings (SSSR count). The van der Waals surface area contributed by atoms with Crippen LogP contribution in [0.3, 0.4) is 0 Å². The van der Waals surface area contributed by atoms with Gasteiger partial charge in [0.2, 0.25) is 0 Å². The third kappa shape index (κ3) is 3.64. The number of nitrogen functional groups attached to an aromatic ring is 1. The molecule has 1 aliphatic rings. The summed E-state index contributed by atoms with van der Waals surface area (Å²) in [6.07, 6.45) is -2.95. The normalized spacial score (nSPS) is 21.7. The van der Waals surface area contributed by atoms with Gasteiger partial charge in [-0.25, -0.2) is 0 Å². The van der Waals surface area contributed by atoms with Gasteiger partial charge >= 0.3 is 6.18 Å². The van der Waals surface area contributed by atoms with Gasteiger partial charge in [-0.2, -0.15) is 13.2 Å².